The monoisotopic (exact) mass is 834 g/mol. The molecule has 16 nitrogen and oxygen atoms in total. The molecule has 0 unspecified atom stereocenters. The molecule has 16 heteroatoms. The third kappa shape index (κ3) is 8.02. The van der Waals surface area contributed by atoms with Crippen LogP contribution < -0.4 is 20.1 Å². The Kier molecular flexibility index (Phi) is 11.8. The second-order valence-electron chi connectivity index (χ2n) is 16.7. The zero-order chi connectivity index (χ0) is 42.7. The van der Waals surface area contributed by atoms with Crippen LogP contribution in [0.3, 0.4) is 0 Å². The SMILES string of the molecule is COc1cc(-c2n[nH]c(-c3ccc(C4CCNCC4)cn3)c2C(C)C)cn2ncnc12.COc1cc(-c2n[nH]c(-c3ccc(C4CCNCC4)cn3)c2C(C)C)cn2ncnc12. The van der Waals surface area contributed by atoms with Gasteiger partial charge in [0.15, 0.2) is 22.8 Å². The van der Waals surface area contributed by atoms with Crippen molar-refractivity contribution >= 4 is 11.3 Å². The van der Waals surface area contributed by atoms with E-state index in [4.69, 9.17) is 19.4 Å². The molecule has 8 aromatic heterocycles. The van der Waals surface area contributed by atoms with Crippen molar-refractivity contribution in [3.8, 4) is 56.8 Å². The van der Waals surface area contributed by atoms with Crippen molar-refractivity contribution in [2.75, 3.05) is 40.4 Å². The minimum atomic E-state index is 0.257. The summed E-state index contributed by atoms with van der Waals surface area (Å²) >= 11 is 0. The van der Waals surface area contributed by atoms with Gasteiger partial charge in [-0.05, 0) is 111 Å². The maximum Gasteiger partial charge on any atom is 0.197 e. The molecule has 0 aromatic carbocycles. The van der Waals surface area contributed by atoms with Gasteiger partial charge in [0.25, 0.3) is 0 Å². The van der Waals surface area contributed by atoms with Gasteiger partial charge in [0.1, 0.15) is 12.7 Å². The van der Waals surface area contributed by atoms with Gasteiger partial charge < -0.3 is 20.1 Å². The lowest BCUT2D eigenvalue weighted by Crippen LogP contribution is -2.26. The van der Waals surface area contributed by atoms with E-state index in [-0.39, 0.29) is 11.8 Å². The summed E-state index contributed by atoms with van der Waals surface area (Å²) in [6.45, 7) is 13.0. The summed E-state index contributed by atoms with van der Waals surface area (Å²) in [5.41, 5.74) is 13.6. The van der Waals surface area contributed by atoms with Gasteiger partial charge in [0.05, 0.1) is 48.4 Å². The Morgan fingerprint density at radius 3 is 1.35 bits per heavy atom. The first kappa shape index (κ1) is 40.9. The Hall–Kier alpha value is -6.52. The van der Waals surface area contributed by atoms with Crippen LogP contribution in [0.5, 0.6) is 11.5 Å². The molecular weight excluding hydrogens is 781 g/mol. The van der Waals surface area contributed by atoms with Gasteiger partial charge in [-0.15, -0.1) is 0 Å². The number of methoxy groups -OCH3 is 2. The highest BCUT2D eigenvalue weighted by molar-refractivity contribution is 5.77. The van der Waals surface area contributed by atoms with E-state index in [1.54, 1.807) is 23.3 Å². The van der Waals surface area contributed by atoms with Crippen LogP contribution in [-0.4, -0.2) is 100.0 Å². The Labute approximate surface area is 360 Å². The molecule has 320 valence electrons. The van der Waals surface area contributed by atoms with Crippen molar-refractivity contribution in [1.82, 2.24) is 70.2 Å². The standard InChI is InChI=1S/2C23H27N7O/c2*1-14(2)20-21(17-10-19(31-3)23-26-13-27-30(23)12-17)28-29-22(20)18-5-4-16(11-25-18)15-6-8-24-9-7-15/h2*4-5,10-15,24H,6-9H2,1-3H3,(H,28,29). The fourth-order valence-corrected chi connectivity index (χ4v) is 8.91. The Morgan fingerprint density at radius 2 is 1.00 bits per heavy atom. The molecule has 10 rings (SSSR count). The Balaban J connectivity index is 0.000000158. The van der Waals surface area contributed by atoms with Crippen LogP contribution in [0.15, 0.2) is 73.8 Å². The molecule has 0 spiro atoms. The summed E-state index contributed by atoms with van der Waals surface area (Å²) in [4.78, 5) is 18.1. The highest BCUT2D eigenvalue weighted by atomic mass is 16.5. The quantitative estimate of drug-likeness (QED) is 0.106. The van der Waals surface area contributed by atoms with Gasteiger partial charge in [-0.2, -0.15) is 20.4 Å². The summed E-state index contributed by atoms with van der Waals surface area (Å²) in [7, 11) is 3.28. The number of aromatic amines is 2. The fraction of sp³-hybridized carbons (Fsp3) is 0.391. The van der Waals surface area contributed by atoms with Gasteiger partial charge >= 0.3 is 0 Å². The first-order valence-electron chi connectivity index (χ1n) is 21.6. The number of piperidine rings is 2. The van der Waals surface area contributed by atoms with Crippen LogP contribution in [0.25, 0.3) is 56.6 Å². The predicted octanol–water partition coefficient (Wildman–Crippen LogP) is 7.56. The fourth-order valence-electron chi connectivity index (χ4n) is 8.91. The maximum absolute atomic E-state index is 5.53. The minimum absolute atomic E-state index is 0.257. The predicted molar refractivity (Wildman–Crippen MR) is 239 cm³/mol. The van der Waals surface area contributed by atoms with E-state index in [9.17, 15) is 0 Å². The second-order valence-corrected chi connectivity index (χ2v) is 16.7. The van der Waals surface area contributed by atoms with Gasteiger partial charge in [0, 0.05) is 47.0 Å². The Bertz CT molecular complexity index is 2560. The number of H-pyrrole nitrogens is 2. The van der Waals surface area contributed by atoms with E-state index in [1.807, 2.05) is 36.9 Å². The molecule has 0 radical (unpaired) electrons. The van der Waals surface area contributed by atoms with Crippen molar-refractivity contribution < 1.29 is 9.47 Å². The normalized spacial score (nSPS) is 15.1. The van der Waals surface area contributed by atoms with Gasteiger partial charge in [-0.25, -0.2) is 19.0 Å². The van der Waals surface area contributed by atoms with E-state index in [0.717, 1.165) is 82.6 Å². The largest absolute Gasteiger partial charge is 0.493 e. The molecule has 62 heavy (non-hydrogen) atoms. The lowest BCUT2D eigenvalue weighted by atomic mass is 9.91. The van der Waals surface area contributed by atoms with E-state index in [1.165, 1.54) is 49.5 Å². The molecule has 0 aliphatic carbocycles. The smallest absolute Gasteiger partial charge is 0.197 e. The van der Waals surface area contributed by atoms with Crippen LogP contribution in [-0.2, 0) is 0 Å². The average Bonchev–Trinajstić information content (AvgIpc) is 4.16. The molecule has 4 N–H and O–H groups in total. The molecule has 2 fully saturated rings. The van der Waals surface area contributed by atoms with Crippen LogP contribution >= 0.6 is 0 Å². The molecule has 0 saturated carbocycles. The zero-order valence-corrected chi connectivity index (χ0v) is 36.2. The van der Waals surface area contributed by atoms with E-state index >= 15 is 0 Å². The number of rotatable bonds is 10. The summed E-state index contributed by atoms with van der Waals surface area (Å²) < 4.78 is 14.5. The summed E-state index contributed by atoms with van der Waals surface area (Å²) in [5, 5.41) is 31.2. The first-order valence-corrected chi connectivity index (χ1v) is 21.6. The highest BCUT2D eigenvalue weighted by Gasteiger charge is 2.24. The van der Waals surface area contributed by atoms with Gasteiger partial charge in [0.2, 0.25) is 0 Å². The van der Waals surface area contributed by atoms with Crippen molar-refractivity contribution in [2.45, 2.75) is 77.0 Å². The van der Waals surface area contributed by atoms with Crippen LogP contribution in [0.1, 0.15) is 99.3 Å². The van der Waals surface area contributed by atoms with Crippen LogP contribution in [0, 0.1) is 0 Å². The van der Waals surface area contributed by atoms with E-state index in [0.29, 0.717) is 34.6 Å². The van der Waals surface area contributed by atoms with E-state index in [2.05, 4.69) is 103 Å². The lowest BCUT2D eigenvalue weighted by molar-refractivity contribution is 0.416. The number of nitrogens with zero attached hydrogens (tertiary/aromatic N) is 10. The van der Waals surface area contributed by atoms with Crippen LogP contribution in [0.2, 0.25) is 0 Å². The highest BCUT2D eigenvalue weighted by Crippen LogP contribution is 2.39. The number of hydrogen-bond donors (Lipinski definition) is 4. The topological polar surface area (TPSA) is 186 Å². The first-order chi connectivity index (χ1) is 30.3. The molecular formula is C46H54N14O2. The molecule has 2 saturated heterocycles. The molecule has 8 aromatic rings. The van der Waals surface area contributed by atoms with Crippen molar-refractivity contribution in [2.24, 2.45) is 0 Å². The molecule has 0 amide bonds. The summed E-state index contributed by atoms with van der Waals surface area (Å²) in [6.07, 6.45) is 15.6. The number of aromatic nitrogens is 12. The average molecular weight is 835 g/mol. The number of ether oxygens (including phenoxy) is 2. The lowest BCUT2D eigenvalue weighted by Gasteiger charge is -2.22. The summed E-state index contributed by atoms with van der Waals surface area (Å²) in [6, 6.07) is 12.6. The summed E-state index contributed by atoms with van der Waals surface area (Å²) in [5.74, 6) is 3.02. The van der Waals surface area contributed by atoms with Crippen molar-refractivity contribution in [3.63, 3.8) is 0 Å². The molecule has 10 heterocycles. The number of nitrogens with one attached hydrogen (secondary N) is 4. The van der Waals surface area contributed by atoms with Gasteiger partial charge in [-0.3, -0.25) is 20.2 Å². The molecule has 2 aliphatic heterocycles. The molecule has 0 atom stereocenters. The zero-order valence-electron chi connectivity index (χ0n) is 36.2. The number of hydrogen-bond acceptors (Lipinski definition) is 12. The number of fused-ring (bicyclic) bond motifs is 2. The molecule has 0 bridgehead atoms. The third-order valence-electron chi connectivity index (χ3n) is 12.1. The minimum Gasteiger partial charge on any atom is -0.493 e. The Morgan fingerprint density at radius 1 is 0.581 bits per heavy atom. The van der Waals surface area contributed by atoms with Crippen LogP contribution in [0.4, 0.5) is 0 Å². The van der Waals surface area contributed by atoms with Crippen molar-refractivity contribution in [1.29, 1.82) is 0 Å². The second kappa shape index (κ2) is 17.8. The number of pyridine rings is 4. The molecule has 2 aliphatic rings. The maximum atomic E-state index is 5.53. The van der Waals surface area contributed by atoms with Gasteiger partial charge in [-0.1, -0.05) is 39.8 Å². The third-order valence-corrected chi connectivity index (χ3v) is 12.1. The van der Waals surface area contributed by atoms with Crippen molar-refractivity contribution in [3.05, 3.63) is 96.1 Å². The van der Waals surface area contributed by atoms with E-state index < -0.39 is 0 Å².